The highest BCUT2D eigenvalue weighted by Crippen LogP contribution is 2.39. The molecule has 24 heavy (non-hydrogen) atoms. The summed E-state index contributed by atoms with van der Waals surface area (Å²) in [7, 11) is 0. The normalized spacial score (nSPS) is 21.2. The molecule has 1 heterocycles. The molecule has 1 aliphatic heterocycles. The molecule has 0 spiro atoms. The Bertz CT molecular complexity index is 720. The van der Waals surface area contributed by atoms with Crippen LogP contribution in [0.2, 0.25) is 0 Å². The van der Waals surface area contributed by atoms with Crippen molar-refractivity contribution in [2.24, 2.45) is 11.8 Å². The second-order valence-electron chi connectivity index (χ2n) is 7.46. The maximum atomic E-state index is 12.9. The van der Waals surface area contributed by atoms with Crippen molar-refractivity contribution < 1.29 is 4.79 Å². The quantitative estimate of drug-likeness (QED) is 0.806. The summed E-state index contributed by atoms with van der Waals surface area (Å²) in [5, 5.41) is 0. The van der Waals surface area contributed by atoms with Crippen molar-refractivity contribution in [1.29, 1.82) is 0 Å². The molecule has 0 bridgehead atoms. The van der Waals surface area contributed by atoms with Gasteiger partial charge in [-0.05, 0) is 41.4 Å². The number of hydrogen-bond acceptors (Lipinski definition) is 1. The molecule has 1 fully saturated rings. The number of nitrogens with zero attached hydrogens (tertiary/aromatic N) is 1. The van der Waals surface area contributed by atoms with Gasteiger partial charge >= 0.3 is 0 Å². The summed E-state index contributed by atoms with van der Waals surface area (Å²) in [5.41, 5.74) is 3.98. The van der Waals surface area contributed by atoms with Crippen molar-refractivity contribution in [2.45, 2.75) is 38.6 Å². The van der Waals surface area contributed by atoms with Gasteiger partial charge in [0.2, 0.25) is 5.91 Å². The zero-order valence-corrected chi connectivity index (χ0v) is 14.3. The van der Waals surface area contributed by atoms with E-state index in [1.165, 1.54) is 29.5 Å². The minimum absolute atomic E-state index is 0.288. The fourth-order valence-corrected chi connectivity index (χ4v) is 4.00. The molecule has 0 radical (unpaired) electrons. The van der Waals surface area contributed by atoms with Crippen LogP contribution in [0, 0.1) is 11.8 Å². The molecule has 0 aromatic heterocycles. The molecule has 2 atom stereocenters. The van der Waals surface area contributed by atoms with Gasteiger partial charge in [0.1, 0.15) is 0 Å². The van der Waals surface area contributed by atoms with Crippen LogP contribution >= 0.6 is 0 Å². The molecule has 2 heteroatoms. The molecule has 124 valence electrons. The van der Waals surface area contributed by atoms with E-state index in [1.54, 1.807) is 0 Å². The standard InChI is InChI=1S/C22H25NO/c1-16(17-11-12-17)13-22(24)23-14-19-9-5-6-10-20(19)21(15-23)18-7-3-2-4-8-18/h2-10,16-17,21H,11-15H2,1H3. The van der Waals surface area contributed by atoms with Crippen LogP contribution in [0.15, 0.2) is 54.6 Å². The molecule has 2 aliphatic rings. The van der Waals surface area contributed by atoms with E-state index in [2.05, 4.69) is 66.4 Å². The van der Waals surface area contributed by atoms with Gasteiger partial charge in [0, 0.05) is 25.4 Å². The van der Waals surface area contributed by atoms with Crippen LogP contribution in [-0.2, 0) is 11.3 Å². The lowest BCUT2D eigenvalue weighted by molar-refractivity contribution is -0.133. The molecule has 2 aromatic carbocycles. The molecule has 1 saturated carbocycles. The lowest BCUT2D eigenvalue weighted by Gasteiger charge is -2.35. The first kappa shape index (κ1) is 15.4. The predicted octanol–water partition coefficient (Wildman–Crippen LogP) is 4.60. The number of amides is 1. The Morgan fingerprint density at radius 2 is 1.79 bits per heavy atom. The summed E-state index contributed by atoms with van der Waals surface area (Å²) >= 11 is 0. The van der Waals surface area contributed by atoms with E-state index < -0.39 is 0 Å². The first-order valence-corrected chi connectivity index (χ1v) is 9.13. The minimum Gasteiger partial charge on any atom is -0.337 e. The van der Waals surface area contributed by atoms with Crippen molar-refractivity contribution in [1.82, 2.24) is 4.90 Å². The van der Waals surface area contributed by atoms with Gasteiger partial charge in [-0.1, -0.05) is 61.5 Å². The highest BCUT2D eigenvalue weighted by molar-refractivity contribution is 5.77. The van der Waals surface area contributed by atoms with Gasteiger partial charge < -0.3 is 4.90 Å². The van der Waals surface area contributed by atoms with Crippen LogP contribution in [0.5, 0.6) is 0 Å². The molecule has 0 N–H and O–H groups in total. The summed E-state index contributed by atoms with van der Waals surface area (Å²) in [4.78, 5) is 14.9. The van der Waals surface area contributed by atoms with E-state index >= 15 is 0 Å². The molecule has 0 saturated heterocycles. The van der Waals surface area contributed by atoms with E-state index in [9.17, 15) is 4.79 Å². The maximum absolute atomic E-state index is 12.9. The average Bonchev–Trinajstić information content (AvgIpc) is 3.46. The van der Waals surface area contributed by atoms with Gasteiger partial charge in [-0.3, -0.25) is 4.79 Å². The molecular formula is C22H25NO. The number of carbonyl (C=O) groups excluding carboxylic acids is 1. The monoisotopic (exact) mass is 319 g/mol. The summed E-state index contributed by atoms with van der Waals surface area (Å²) in [6, 6.07) is 19.2. The van der Waals surface area contributed by atoms with Crippen LogP contribution in [0.4, 0.5) is 0 Å². The van der Waals surface area contributed by atoms with E-state index in [4.69, 9.17) is 0 Å². The van der Waals surface area contributed by atoms with Crippen LogP contribution < -0.4 is 0 Å². The van der Waals surface area contributed by atoms with Crippen molar-refractivity contribution in [3.8, 4) is 0 Å². The second-order valence-corrected chi connectivity index (χ2v) is 7.46. The van der Waals surface area contributed by atoms with Crippen LogP contribution in [-0.4, -0.2) is 17.4 Å². The Morgan fingerprint density at radius 1 is 1.08 bits per heavy atom. The third kappa shape index (κ3) is 3.10. The Morgan fingerprint density at radius 3 is 2.54 bits per heavy atom. The summed E-state index contributed by atoms with van der Waals surface area (Å²) < 4.78 is 0. The third-order valence-corrected chi connectivity index (χ3v) is 5.67. The van der Waals surface area contributed by atoms with Crippen LogP contribution in [0.1, 0.15) is 48.8 Å². The Hall–Kier alpha value is -2.09. The van der Waals surface area contributed by atoms with E-state index in [0.717, 1.165) is 19.0 Å². The molecule has 2 unspecified atom stereocenters. The van der Waals surface area contributed by atoms with Crippen LogP contribution in [0.25, 0.3) is 0 Å². The highest BCUT2D eigenvalue weighted by atomic mass is 16.2. The van der Waals surface area contributed by atoms with Gasteiger partial charge in [-0.2, -0.15) is 0 Å². The zero-order valence-electron chi connectivity index (χ0n) is 14.3. The Labute approximate surface area is 144 Å². The Balaban J connectivity index is 1.59. The number of benzene rings is 2. The van der Waals surface area contributed by atoms with Crippen molar-refractivity contribution in [2.75, 3.05) is 6.54 Å². The average molecular weight is 319 g/mol. The third-order valence-electron chi connectivity index (χ3n) is 5.67. The van der Waals surface area contributed by atoms with Crippen molar-refractivity contribution in [3.05, 3.63) is 71.3 Å². The highest BCUT2D eigenvalue weighted by Gasteiger charge is 2.33. The zero-order chi connectivity index (χ0) is 16.5. The largest absolute Gasteiger partial charge is 0.337 e. The molecule has 4 rings (SSSR count). The van der Waals surface area contributed by atoms with Gasteiger partial charge in [-0.15, -0.1) is 0 Å². The van der Waals surface area contributed by atoms with Gasteiger partial charge in [0.25, 0.3) is 0 Å². The van der Waals surface area contributed by atoms with E-state index in [1.807, 2.05) is 0 Å². The minimum atomic E-state index is 0.288. The maximum Gasteiger partial charge on any atom is 0.223 e. The second kappa shape index (κ2) is 6.43. The smallest absolute Gasteiger partial charge is 0.223 e. The van der Waals surface area contributed by atoms with Gasteiger partial charge in [-0.25, -0.2) is 0 Å². The van der Waals surface area contributed by atoms with E-state index in [0.29, 0.717) is 18.2 Å². The first-order chi connectivity index (χ1) is 11.7. The van der Waals surface area contributed by atoms with Crippen molar-refractivity contribution >= 4 is 5.91 Å². The summed E-state index contributed by atoms with van der Waals surface area (Å²) in [5.74, 6) is 1.93. The lowest BCUT2D eigenvalue weighted by Crippen LogP contribution is -2.39. The molecule has 1 amide bonds. The molecular weight excluding hydrogens is 294 g/mol. The molecule has 2 nitrogen and oxygen atoms in total. The summed E-state index contributed by atoms with van der Waals surface area (Å²) in [6.07, 6.45) is 3.32. The van der Waals surface area contributed by atoms with Gasteiger partial charge in [0.05, 0.1) is 0 Å². The topological polar surface area (TPSA) is 20.3 Å². The van der Waals surface area contributed by atoms with Gasteiger partial charge in [0.15, 0.2) is 0 Å². The Kier molecular flexibility index (Phi) is 4.13. The SMILES string of the molecule is CC(CC(=O)N1Cc2ccccc2C(c2ccccc2)C1)C1CC1. The first-order valence-electron chi connectivity index (χ1n) is 9.13. The lowest BCUT2D eigenvalue weighted by atomic mass is 9.84. The fourth-order valence-electron chi connectivity index (χ4n) is 4.00. The number of rotatable bonds is 4. The fraction of sp³-hybridized carbons (Fsp3) is 0.409. The molecule has 2 aromatic rings. The van der Waals surface area contributed by atoms with Crippen molar-refractivity contribution in [3.63, 3.8) is 0 Å². The van der Waals surface area contributed by atoms with Crippen LogP contribution in [0.3, 0.4) is 0 Å². The summed E-state index contributed by atoms with van der Waals surface area (Å²) in [6.45, 7) is 3.80. The predicted molar refractivity (Wildman–Crippen MR) is 96.6 cm³/mol. The molecule has 1 aliphatic carbocycles. The number of hydrogen-bond donors (Lipinski definition) is 0. The number of carbonyl (C=O) groups is 1. The van der Waals surface area contributed by atoms with E-state index in [-0.39, 0.29) is 5.92 Å². The number of fused-ring (bicyclic) bond motifs is 1.